The van der Waals surface area contributed by atoms with Gasteiger partial charge in [0.2, 0.25) is 0 Å². The number of benzene rings is 1. The van der Waals surface area contributed by atoms with Gasteiger partial charge in [0.15, 0.2) is 5.75 Å². The number of nitro benzene ring substituents is 1. The summed E-state index contributed by atoms with van der Waals surface area (Å²) in [5, 5.41) is 11.4. The number of rotatable bonds is 8. The van der Waals surface area contributed by atoms with E-state index in [-0.39, 0.29) is 31.1 Å². The molecule has 5 nitrogen and oxygen atoms in total. The smallest absolute Gasteiger partial charge is 0.411 e. The van der Waals surface area contributed by atoms with E-state index in [1.807, 2.05) is 0 Å². The van der Waals surface area contributed by atoms with Crippen LogP contribution in [0.15, 0.2) is 18.2 Å². The summed E-state index contributed by atoms with van der Waals surface area (Å²) in [7, 11) is 0. The van der Waals surface area contributed by atoms with Gasteiger partial charge < -0.3 is 9.47 Å². The molecule has 0 saturated carbocycles. The Morgan fingerprint density at radius 3 is 2.57 bits per heavy atom. The number of alkyl halides is 4. The van der Waals surface area contributed by atoms with Gasteiger partial charge in [-0.15, -0.1) is 0 Å². The fourth-order valence-electron chi connectivity index (χ4n) is 1.44. The number of nitro groups is 1. The molecule has 0 radical (unpaired) electrons. The monoisotopic (exact) mass is 371 g/mol. The van der Waals surface area contributed by atoms with Crippen LogP contribution in [0, 0.1) is 10.1 Å². The van der Waals surface area contributed by atoms with Crippen molar-refractivity contribution in [3.8, 4) is 5.75 Å². The summed E-state index contributed by atoms with van der Waals surface area (Å²) in [6.07, 6.45) is -4.15. The second-order valence-electron chi connectivity index (χ2n) is 4.06. The van der Waals surface area contributed by atoms with Crippen LogP contribution in [0.4, 0.5) is 18.9 Å². The van der Waals surface area contributed by atoms with Gasteiger partial charge in [-0.1, -0.05) is 22.0 Å². The first-order valence-electron chi connectivity index (χ1n) is 5.94. The third-order valence-electron chi connectivity index (χ3n) is 2.33. The Balaban J connectivity index is 2.43. The highest BCUT2D eigenvalue weighted by molar-refractivity contribution is 9.08. The predicted octanol–water partition coefficient (Wildman–Crippen LogP) is 3.84. The van der Waals surface area contributed by atoms with E-state index in [9.17, 15) is 23.3 Å². The maximum absolute atomic E-state index is 11.8. The molecule has 0 aliphatic rings. The van der Waals surface area contributed by atoms with Crippen molar-refractivity contribution in [1.82, 2.24) is 0 Å². The average Bonchev–Trinajstić information content (AvgIpc) is 2.41. The van der Waals surface area contributed by atoms with E-state index in [1.165, 1.54) is 12.1 Å². The molecule has 0 atom stereocenters. The summed E-state index contributed by atoms with van der Waals surface area (Å²) in [4.78, 5) is 10.3. The molecule has 1 rings (SSSR count). The van der Waals surface area contributed by atoms with Crippen LogP contribution in [0.5, 0.6) is 5.75 Å². The minimum atomic E-state index is -4.36. The Morgan fingerprint density at radius 2 is 2.00 bits per heavy atom. The van der Waals surface area contributed by atoms with Gasteiger partial charge >= 0.3 is 11.9 Å². The largest absolute Gasteiger partial charge is 0.487 e. The van der Waals surface area contributed by atoms with Crippen LogP contribution in [0.3, 0.4) is 0 Å². The van der Waals surface area contributed by atoms with E-state index in [1.54, 1.807) is 6.07 Å². The van der Waals surface area contributed by atoms with Crippen molar-refractivity contribution in [3.05, 3.63) is 33.9 Å². The van der Waals surface area contributed by atoms with Crippen LogP contribution in [0.1, 0.15) is 12.0 Å². The lowest BCUT2D eigenvalue weighted by Crippen LogP contribution is -2.18. The zero-order chi connectivity index (χ0) is 15.9. The van der Waals surface area contributed by atoms with Crippen molar-refractivity contribution in [2.24, 2.45) is 0 Å². The van der Waals surface area contributed by atoms with Crippen molar-refractivity contribution >= 4 is 21.6 Å². The summed E-state index contributed by atoms with van der Waals surface area (Å²) in [6, 6.07) is 4.51. The van der Waals surface area contributed by atoms with Gasteiger partial charge in [-0.3, -0.25) is 10.1 Å². The molecule has 118 valence electrons. The fourth-order valence-corrected chi connectivity index (χ4v) is 1.79. The van der Waals surface area contributed by atoms with Crippen molar-refractivity contribution in [3.63, 3.8) is 0 Å². The second-order valence-corrected chi connectivity index (χ2v) is 4.62. The first kappa shape index (κ1) is 17.7. The molecular weight excluding hydrogens is 359 g/mol. The third kappa shape index (κ3) is 6.76. The Labute approximate surface area is 127 Å². The number of ether oxygens (including phenoxy) is 2. The Bertz CT molecular complexity index is 482. The standard InChI is InChI=1S/C12H13BrF3NO4/c13-7-9-2-3-11(10(6-9)17(18)19)21-5-1-4-20-8-12(14,15)16/h2-3,6H,1,4-5,7-8H2. The lowest BCUT2D eigenvalue weighted by atomic mass is 10.2. The van der Waals surface area contributed by atoms with Crippen LogP contribution < -0.4 is 4.74 Å². The molecule has 9 heteroatoms. The molecule has 0 amide bonds. The van der Waals surface area contributed by atoms with Gasteiger partial charge in [0.25, 0.3) is 0 Å². The molecule has 0 saturated heterocycles. The highest BCUT2D eigenvalue weighted by Crippen LogP contribution is 2.28. The molecule has 0 heterocycles. The maximum Gasteiger partial charge on any atom is 0.411 e. The van der Waals surface area contributed by atoms with E-state index in [0.29, 0.717) is 5.33 Å². The van der Waals surface area contributed by atoms with Gasteiger partial charge in [-0.25, -0.2) is 0 Å². The number of nitrogens with zero attached hydrogens (tertiary/aromatic N) is 1. The van der Waals surface area contributed by atoms with Crippen molar-refractivity contribution in [1.29, 1.82) is 0 Å². The minimum Gasteiger partial charge on any atom is -0.487 e. The third-order valence-corrected chi connectivity index (χ3v) is 2.98. The number of halogens is 4. The minimum absolute atomic E-state index is 0.0341. The van der Waals surface area contributed by atoms with E-state index < -0.39 is 17.7 Å². The highest BCUT2D eigenvalue weighted by Gasteiger charge is 2.27. The fraction of sp³-hybridized carbons (Fsp3) is 0.500. The molecule has 0 spiro atoms. The van der Waals surface area contributed by atoms with Gasteiger partial charge in [0.1, 0.15) is 6.61 Å². The van der Waals surface area contributed by atoms with E-state index in [2.05, 4.69) is 20.7 Å². The zero-order valence-corrected chi connectivity index (χ0v) is 12.4. The molecule has 0 fully saturated rings. The number of hydrogen-bond acceptors (Lipinski definition) is 4. The first-order chi connectivity index (χ1) is 9.83. The van der Waals surface area contributed by atoms with Gasteiger partial charge in [-0.2, -0.15) is 13.2 Å². The van der Waals surface area contributed by atoms with E-state index in [4.69, 9.17) is 4.74 Å². The Hall–Kier alpha value is -1.35. The van der Waals surface area contributed by atoms with Crippen molar-refractivity contribution < 1.29 is 27.6 Å². The van der Waals surface area contributed by atoms with Crippen LogP contribution in [-0.4, -0.2) is 30.9 Å². The lowest BCUT2D eigenvalue weighted by molar-refractivity contribution is -0.385. The van der Waals surface area contributed by atoms with E-state index in [0.717, 1.165) is 5.56 Å². The second kappa shape index (κ2) is 8.18. The van der Waals surface area contributed by atoms with E-state index >= 15 is 0 Å². The van der Waals surface area contributed by atoms with Gasteiger partial charge in [-0.05, 0) is 11.6 Å². The predicted molar refractivity (Wildman–Crippen MR) is 72.7 cm³/mol. The maximum atomic E-state index is 11.8. The summed E-state index contributed by atoms with van der Waals surface area (Å²) in [5.41, 5.74) is 0.547. The van der Waals surface area contributed by atoms with Crippen molar-refractivity contribution in [2.75, 3.05) is 19.8 Å². The molecule has 0 aliphatic carbocycles. The van der Waals surface area contributed by atoms with Gasteiger partial charge in [0.05, 0.1) is 18.1 Å². The molecule has 0 aliphatic heterocycles. The van der Waals surface area contributed by atoms with Crippen molar-refractivity contribution in [2.45, 2.75) is 17.9 Å². The number of hydrogen-bond donors (Lipinski definition) is 0. The van der Waals surface area contributed by atoms with Gasteiger partial charge in [0, 0.05) is 17.8 Å². The van der Waals surface area contributed by atoms with Crippen LogP contribution in [0.25, 0.3) is 0 Å². The van der Waals surface area contributed by atoms with Crippen LogP contribution >= 0.6 is 15.9 Å². The zero-order valence-electron chi connectivity index (χ0n) is 10.9. The Kier molecular flexibility index (Phi) is 6.90. The normalized spacial score (nSPS) is 11.4. The Morgan fingerprint density at radius 1 is 1.29 bits per heavy atom. The highest BCUT2D eigenvalue weighted by atomic mass is 79.9. The summed E-state index contributed by atoms with van der Waals surface area (Å²) in [6.45, 7) is -1.41. The molecule has 0 bridgehead atoms. The summed E-state index contributed by atoms with van der Waals surface area (Å²) >= 11 is 3.19. The van der Waals surface area contributed by atoms with Crippen LogP contribution in [-0.2, 0) is 10.1 Å². The van der Waals surface area contributed by atoms with Crippen LogP contribution in [0.2, 0.25) is 0 Å². The molecule has 0 aromatic heterocycles. The quantitative estimate of drug-likeness (QED) is 0.301. The summed E-state index contributed by atoms with van der Waals surface area (Å²) in [5.74, 6) is 0.0838. The molecule has 21 heavy (non-hydrogen) atoms. The molecule has 0 N–H and O–H groups in total. The average molecular weight is 372 g/mol. The summed E-state index contributed by atoms with van der Waals surface area (Å²) < 4.78 is 45.0. The lowest BCUT2D eigenvalue weighted by Gasteiger charge is -2.09. The molecular formula is C12H13BrF3NO4. The molecule has 1 aromatic carbocycles. The SMILES string of the molecule is O=[N+]([O-])c1cc(CBr)ccc1OCCCOCC(F)(F)F. The molecule has 0 unspecified atom stereocenters. The first-order valence-corrected chi connectivity index (χ1v) is 7.06. The molecule has 1 aromatic rings. The topological polar surface area (TPSA) is 61.6 Å².